The Bertz CT molecular complexity index is 1030. The van der Waals surface area contributed by atoms with Crippen molar-refractivity contribution in [2.45, 2.75) is 51.6 Å². The molecule has 0 heterocycles. The van der Waals surface area contributed by atoms with Gasteiger partial charge in [-0.1, -0.05) is 32.0 Å². The minimum atomic E-state index is -0.591. The van der Waals surface area contributed by atoms with E-state index in [1.807, 2.05) is 44.2 Å². The number of esters is 1. The SMILES string of the molecule is COc1ccc(-c2cccc3c2CCC3=O)c(OCC2(OC(=O)CC(C)C)CC2)c1OC. The van der Waals surface area contributed by atoms with Crippen molar-refractivity contribution in [3.8, 4) is 28.4 Å². The van der Waals surface area contributed by atoms with Crippen LogP contribution in [0.15, 0.2) is 30.3 Å². The quantitative estimate of drug-likeness (QED) is 0.513. The first-order valence-electron chi connectivity index (χ1n) is 11.1. The molecule has 0 N–H and O–H groups in total. The van der Waals surface area contributed by atoms with Gasteiger partial charge in [-0.3, -0.25) is 9.59 Å². The molecule has 0 atom stereocenters. The highest BCUT2D eigenvalue weighted by molar-refractivity contribution is 6.02. The van der Waals surface area contributed by atoms with E-state index in [0.717, 1.165) is 35.1 Å². The van der Waals surface area contributed by atoms with Gasteiger partial charge in [0.2, 0.25) is 5.75 Å². The zero-order chi connectivity index (χ0) is 22.9. The molecule has 0 aliphatic heterocycles. The van der Waals surface area contributed by atoms with Crippen LogP contribution in [0.5, 0.6) is 17.2 Å². The number of Topliss-reactive ketones (excluding diaryl/α,β-unsaturated/α-hetero) is 1. The summed E-state index contributed by atoms with van der Waals surface area (Å²) in [5, 5.41) is 0. The maximum Gasteiger partial charge on any atom is 0.306 e. The van der Waals surface area contributed by atoms with Gasteiger partial charge < -0.3 is 18.9 Å². The molecule has 0 unspecified atom stereocenters. The molecular formula is C26H30O6. The topological polar surface area (TPSA) is 71.1 Å². The summed E-state index contributed by atoms with van der Waals surface area (Å²) in [6.45, 7) is 4.23. The van der Waals surface area contributed by atoms with Gasteiger partial charge in [0, 0.05) is 24.0 Å². The van der Waals surface area contributed by atoms with Crippen molar-refractivity contribution < 1.29 is 28.5 Å². The van der Waals surface area contributed by atoms with Gasteiger partial charge in [0.25, 0.3) is 0 Å². The predicted octanol–water partition coefficient (Wildman–Crippen LogP) is 5.00. The molecule has 2 aliphatic carbocycles. The molecule has 0 amide bonds. The van der Waals surface area contributed by atoms with Gasteiger partial charge >= 0.3 is 5.97 Å². The highest BCUT2D eigenvalue weighted by atomic mass is 16.6. The molecule has 0 spiro atoms. The van der Waals surface area contributed by atoms with E-state index >= 15 is 0 Å². The van der Waals surface area contributed by atoms with E-state index in [1.54, 1.807) is 14.2 Å². The van der Waals surface area contributed by atoms with E-state index in [9.17, 15) is 9.59 Å². The Morgan fingerprint density at radius 3 is 2.38 bits per heavy atom. The van der Waals surface area contributed by atoms with Crippen LogP contribution in [0.1, 0.15) is 55.5 Å². The van der Waals surface area contributed by atoms with E-state index < -0.39 is 5.60 Å². The number of rotatable bonds is 9. The highest BCUT2D eigenvalue weighted by Gasteiger charge is 2.48. The molecule has 6 nitrogen and oxygen atoms in total. The second-order valence-corrected chi connectivity index (χ2v) is 8.98. The Labute approximate surface area is 188 Å². The van der Waals surface area contributed by atoms with Gasteiger partial charge in [-0.2, -0.15) is 0 Å². The first-order valence-corrected chi connectivity index (χ1v) is 11.1. The van der Waals surface area contributed by atoms with Gasteiger partial charge in [-0.25, -0.2) is 0 Å². The van der Waals surface area contributed by atoms with Crippen LogP contribution < -0.4 is 14.2 Å². The lowest BCUT2D eigenvalue weighted by Gasteiger charge is -2.22. The summed E-state index contributed by atoms with van der Waals surface area (Å²) in [6.07, 6.45) is 3.15. The van der Waals surface area contributed by atoms with Crippen LogP contribution in [-0.2, 0) is 16.0 Å². The van der Waals surface area contributed by atoms with E-state index in [1.165, 1.54) is 0 Å². The maximum absolute atomic E-state index is 12.3. The zero-order valence-electron chi connectivity index (χ0n) is 19.2. The third kappa shape index (κ3) is 4.31. The lowest BCUT2D eigenvalue weighted by molar-refractivity contribution is -0.153. The van der Waals surface area contributed by atoms with E-state index in [-0.39, 0.29) is 24.3 Å². The molecule has 4 rings (SSSR count). The van der Waals surface area contributed by atoms with Crippen LogP contribution in [0.3, 0.4) is 0 Å². The minimum absolute atomic E-state index is 0.166. The van der Waals surface area contributed by atoms with Crippen LogP contribution in [0, 0.1) is 5.92 Å². The van der Waals surface area contributed by atoms with Crippen LogP contribution in [0.4, 0.5) is 0 Å². The molecular weight excluding hydrogens is 408 g/mol. The van der Waals surface area contributed by atoms with E-state index in [4.69, 9.17) is 18.9 Å². The van der Waals surface area contributed by atoms with E-state index in [2.05, 4.69) is 0 Å². The maximum atomic E-state index is 12.3. The van der Waals surface area contributed by atoms with Crippen molar-refractivity contribution >= 4 is 11.8 Å². The number of ether oxygens (including phenoxy) is 4. The molecule has 1 saturated carbocycles. The number of hydrogen-bond donors (Lipinski definition) is 0. The second kappa shape index (κ2) is 8.85. The van der Waals surface area contributed by atoms with Crippen molar-refractivity contribution in [2.75, 3.05) is 20.8 Å². The summed E-state index contributed by atoms with van der Waals surface area (Å²) in [5.41, 5.74) is 2.99. The van der Waals surface area contributed by atoms with Crippen molar-refractivity contribution in [2.24, 2.45) is 5.92 Å². The molecule has 32 heavy (non-hydrogen) atoms. The van der Waals surface area contributed by atoms with Crippen LogP contribution >= 0.6 is 0 Å². The Hall–Kier alpha value is -3.02. The Morgan fingerprint density at radius 1 is 0.969 bits per heavy atom. The normalized spacial score (nSPS) is 16.0. The first-order chi connectivity index (χ1) is 15.4. The van der Waals surface area contributed by atoms with E-state index in [0.29, 0.717) is 36.5 Å². The number of carbonyl (C=O) groups is 2. The summed E-state index contributed by atoms with van der Waals surface area (Å²) < 4.78 is 23.2. The molecule has 6 heteroatoms. The van der Waals surface area contributed by atoms with Crippen LogP contribution in [0.2, 0.25) is 0 Å². The van der Waals surface area contributed by atoms with Gasteiger partial charge in [-0.05, 0) is 48.4 Å². The van der Waals surface area contributed by atoms with Crippen LogP contribution in [0.25, 0.3) is 11.1 Å². The minimum Gasteiger partial charge on any atom is -0.493 e. The van der Waals surface area contributed by atoms with Gasteiger partial charge in [0.1, 0.15) is 12.2 Å². The molecule has 0 bridgehead atoms. The smallest absolute Gasteiger partial charge is 0.306 e. The molecule has 2 aromatic carbocycles. The molecule has 2 aromatic rings. The van der Waals surface area contributed by atoms with Crippen molar-refractivity contribution in [1.82, 2.24) is 0 Å². The standard InChI is InChI=1S/C26H30O6/c1-16(2)14-23(28)32-26(12-13-26)15-31-24-20(9-11-22(29-3)25(24)30-4)17-6-5-7-19-18(17)8-10-21(19)27/h5-7,9,11,16H,8,10,12-15H2,1-4H3. The molecule has 170 valence electrons. The Balaban J connectivity index is 1.67. The monoisotopic (exact) mass is 438 g/mol. The highest BCUT2D eigenvalue weighted by Crippen LogP contribution is 2.48. The van der Waals surface area contributed by atoms with Crippen LogP contribution in [-0.4, -0.2) is 38.2 Å². The fourth-order valence-corrected chi connectivity index (χ4v) is 4.23. The van der Waals surface area contributed by atoms with Crippen molar-refractivity contribution in [3.05, 3.63) is 41.5 Å². The van der Waals surface area contributed by atoms with Crippen molar-refractivity contribution in [3.63, 3.8) is 0 Å². The third-order valence-electron chi connectivity index (χ3n) is 6.06. The number of carbonyl (C=O) groups excluding carboxylic acids is 2. The summed E-state index contributed by atoms with van der Waals surface area (Å²) >= 11 is 0. The van der Waals surface area contributed by atoms with Crippen molar-refractivity contribution in [1.29, 1.82) is 0 Å². The molecule has 0 saturated heterocycles. The van der Waals surface area contributed by atoms with Gasteiger partial charge in [0.15, 0.2) is 17.3 Å². The summed E-state index contributed by atoms with van der Waals surface area (Å²) in [5.74, 6) is 1.78. The number of methoxy groups -OCH3 is 2. The number of fused-ring (bicyclic) bond motifs is 1. The largest absolute Gasteiger partial charge is 0.493 e. The number of hydrogen-bond acceptors (Lipinski definition) is 6. The molecule has 2 aliphatic rings. The second-order valence-electron chi connectivity index (χ2n) is 8.98. The predicted molar refractivity (Wildman–Crippen MR) is 121 cm³/mol. The average Bonchev–Trinajstić information content (AvgIpc) is 3.42. The fraction of sp³-hybridized carbons (Fsp3) is 0.462. The third-order valence-corrected chi connectivity index (χ3v) is 6.06. The summed E-state index contributed by atoms with van der Waals surface area (Å²) in [4.78, 5) is 24.5. The van der Waals surface area contributed by atoms with Gasteiger partial charge in [0.05, 0.1) is 14.2 Å². The molecule has 0 radical (unpaired) electrons. The molecule has 0 aromatic heterocycles. The lowest BCUT2D eigenvalue weighted by Crippen LogP contribution is -2.27. The summed E-state index contributed by atoms with van der Waals surface area (Å²) in [6, 6.07) is 9.55. The Kier molecular flexibility index (Phi) is 6.13. The lowest BCUT2D eigenvalue weighted by atomic mass is 9.95. The first kappa shape index (κ1) is 22.2. The average molecular weight is 439 g/mol. The zero-order valence-corrected chi connectivity index (χ0v) is 19.2. The summed E-state index contributed by atoms with van der Waals surface area (Å²) in [7, 11) is 3.15. The number of ketones is 1. The number of benzene rings is 2. The Morgan fingerprint density at radius 2 is 1.72 bits per heavy atom. The van der Waals surface area contributed by atoms with Gasteiger partial charge in [-0.15, -0.1) is 0 Å². The molecule has 1 fully saturated rings. The fourth-order valence-electron chi connectivity index (χ4n) is 4.23.